The van der Waals surface area contributed by atoms with E-state index in [-0.39, 0.29) is 22.3 Å². The van der Waals surface area contributed by atoms with Crippen LogP contribution < -0.4 is 0 Å². The van der Waals surface area contributed by atoms with Gasteiger partial charge >= 0.3 is 0 Å². The van der Waals surface area contributed by atoms with Crippen LogP contribution in [0.1, 0.15) is 92.5 Å². The number of piperazine rings is 1. The van der Waals surface area contributed by atoms with Crippen LogP contribution in [0, 0.1) is 10.8 Å². The largest absolute Gasteiger partial charge is 0.335 e. The SMILES string of the molecule is CC1(C)CCC2(CCC(C)(C)C1)CN(C(=O)c1cccc3ccccc13)CCN2Cc1cn(C(c2ccccc2)(c2ccccc2)c2ccccc2)cn1. The summed E-state index contributed by atoms with van der Waals surface area (Å²) in [4.78, 5) is 24.6. The zero-order valence-electron chi connectivity index (χ0n) is 32.4. The highest BCUT2D eigenvalue weighted by molar-refractivity contribution is 6.07. The molecule has 0 bridgehead atoms. The van der Waals surface area contributed by atoms with E-state index in [4.69, 9.17) is 4.98 Å². The van der Waals surface area contributed by atoms with E-state index in [1.54, 1.807) is 0 Å². The molecule has 1 aliphatic carbocycles. The lowest BCUT2D eigenvalue weighted by atomic mass is 9.64. The number of hydrogen-bond donors (Lipinski definition) is 0. The first-order chi connectivity index (χ1) is 26.1. The maximum atomic E-state index is 14.5. The molecule has 2 aliphatic rings. The third-order valence-electron chi connectivity index (χ3n) is 12.5. The van der Waals surface area contributed by atoms with Gasteiger partial charge in [-0.25, -0.2) is 4.98 Å². The normalized spacial score (nSPS) is 18.6. The fraction of sp³-hybridized carbons (Fsp3) is 0.347. The highest BCUT2D eigenvalue weighted by atomic mass is 16.2. The van der Waals surface area contributed by atoms with Gasteiger partial charge in [0.2, 0.25) is 0 Å². The monoisotopic (exact) mass is 714 g/mol. The number of imidazole rings is 1. The summed E-state index contributed by atoms with van der Waals surface area (Å²) in [5.74, 6) is 0.147. The van der Waals surface area contributed by atoms with E-state index in [0.717, 1.165) is 67.3 Å². The fourth-order valence-corrected chi connectivity index (χ4v) is 10.0. The predicted molar refractivity (Wildman–Crippen MR) is 220 cm³/mol. The van der Waals surface area contributed by atoms with Crippen molar-refractivity contribution in [2.45, 2.75) is 77.4 Å². The first-order valence-corrected chi connectivity index (χ1v) is 19.8. The molecule has 8 rings (SSSR count). The number of aromatic nitrogens is 2. The minimum absolute atomic E-state index is 0.147. The van der Waals surface area contributed by atoms with E-state index in [1.807, 2.05) is 30.6 Å². The van der Waals surface area contributed by atoms with Crippen LogP contribution in [0.2, 0.25) is 0 Å². The Morgan fingerprint density at radius 1 is 0.648 bits per heavy atom. The van der Waals surface area contributed by atoms with Gasteiger partial charge in [-0.2, -0.15) is 0 Å². The van der Waals surface area contributed by atoms with Crippen molar-refractivity contribution in [2.75, 3.05) is 19.6 Å². The van der Waals surface area contributed by atoms with Crippen LogP contribution in [-0.2, 0) is 12.1 Å². The molecular formula is C49H54N4O. The summed E-state index contributed by atoms with van der Waals surface area (Å²) in [7, 11) is 0. The Labute approximate surface area is 321 Å². The Balaban J connectivity index is 1.18. The Bertz CT molecular complexity index is 2080. The van der Waals surface area contributed by atoms with Crippen LogP contribution in [0.15, 0.2) is 146 Å². The van der Waals surface area contributed by atoms with Crippen molar-refractivity contribution in [3.63, 3.8) is 0 Å². The maximum absolute atomic E-state index is 14.5. The molecule has 2 fully saturated rings. The van der Waals surface area contributed by atoms with Crippen LogP contribution in [0.25, 0.3) is 10.8 Å². The Hall–Kier alpha value is -5.00. The minimum atomic E-state index is -0.607. The summed E-state index contributed by atoms with van der Waals surface area (Å²) in [5.41, 5.74) is 5.09. The highest BCUT2D eigenvalue weighted by Gasteiger charge is 2.47. The molecule has 0 atom stereocenters. The molecule has 276 valence electrons. The van der Waals surface area contributed by atoms with Gasteiger partial charge in [0, 0.05) is 43.5 Å². The van der Waals surface area contributed by atoms with E-state index in [9.17, 15) is 4.79 Å². The van der Waals surface area contributed by atoms with Crippen molar-refractivity contribution in [2.24, 2.45) is 10.8 Å². The standard InChI is InChI=1S/C49H54N4O/c1-46(2)27-29-48(30-28-47(3,4)35-46)36-51(45(54)44-26-16-18-38-17-14-15-25-43(38)44)31-32-52(48)33-42-34-53(37-50-42)49(39-19-8-5-9-20-39,40-21-10-6-11-22-40)41-23-12-7-13-24-41/h5-26,34,37H,27-33,35-36H2,1-4H3. The fourth-order valence-electron chi connectivity index (χ4n) is 10.0. The summed E-state index contributed by atoms with van der Waals surface area (Å²) in [6, 6.07) is 46.9. The van der Waals surface area contributed by atoms with Gasteiger partial charge in [0.05, 0.1) is 12.0 Å². The van der Waals surface area contributed by atoms with Crippen molar-refractivity contribution in [1.29, 1.82) is 0 Å². The second-order valence-corrected chi connectivity index (χ2v) is 17.5. The highest BCUT2D eigenvalue weighted by Crippen LogP contribution is 2.48. The van der Waals surface area contributed by atoms with Crippen LogP contribution in [-0.4, -0.2) is 50.4 Å². The van der Waals surface area contributed by atoms with E-state index < -0.39 is 5.54 Å². The van der Waals surface area contributed by atoms with Gasteiger partial charge in [-0.3, -0.25) is 9.69 Å². The number of carbonyl (C=O) groups excluding carboxylic acids is 1. The first-order valence-electron chi connectivity index (χ1n) is 19.8. The molecule has 1 aromatic heterocycles. The summed E-state index contributed by atoms with van der Waals surface area (Å²) in [6.07, 6.45) is 9.88. The molecule has 1 saturated heterocycles. The van der Waals surface area contributed by atoms with Gasteiger partial charge < -0.3 is 9.47 Å². The smallest absolute Gasteiger partial charge is 0.254 e. The number of nitrogens with zero attached hydrogens (tertiary/aromatic N) is 4. The molecular weight excluding hydrogens is 661 g/mol. The molecule has 1 spiro atoms. The topological polar surface area (TPSA) is 41.4 Å². The van der Waals surface area contributed by atoms with Crippen molar-refractivity contribution in [3.8, 4) is 0 Å². The summed E-state index contributed by atoms with van der Waals surface area (Å²) in [6.45, 7) is 12.7. The van der Waals surface area contributed by atoms with Gasteiger partial charge in [-0.1, -0.05) is 155 Å². The second-order valence-electron chi connectivity index (χ2n) is 17.5. The number of carbonyl (C=O) groups is 1. The van der Waals surface area contributed by atoms with Gasteiger partial charge in [-0.05, 0) is 76.5 Å². The van der Waals surface area contributed by atoms with Crippen LogP contribution in [0.5, 0.6) is 0 Å². The number of rotatable bonds is 7. The Morgan fingerprint density at radius 2 is 1.19 bits per heavy atom. The van der Waals surface area contributed by atoms with Crippen LogP contribution in [0.3, 0.4) is 0 Å². The van der Waals surface area contributed by atoms with Crippen molar-refractivity contribution >= 4 is 16.7 Å². The van der Waals surface area contributed by atoms with E-state index in [0.29, 0.717) is 6.54 Å². The zero-order valence-corrected chi connectivity index (χ0v) is 32.4. The second kappa shape index (κ2) is 14.3. The summed E-state index contributed by atoms with van der Waals surface area (Å²) >= 11 is 0. The maximum Gasteiger partial charge on any atom is 0.254 e. The number of amides is 1. The number of hydrogen-bond acceptors (Lipinski definition) is 3. The molecule has 0 N–H and O–H groups in total. The van der Waals surface area contributed by atoms with Gasteiger partial charge in [0.1, 0.15) is 5.54 Å². The predicted octanol–water partition coefficient (Wildman–Crippen LogP) is 10.6. The molecule has 6 aromatic rings. The molecule has 54 heavy (non-hydrogen) atoms. The van der Waals surface area contributed by atoms with Crippen LogP contribution in [0.4, 0.5) is 0 Å². The molecule has 5 heteroatoms. The molecule has 2 heterocycles. The van der Waals surface area contributed by atoms with Crippen molar-refractivity contribution in [3.05, 3.63) is 174 Å². The first kappa shape index (κ1) is 36.0. The van der Waals surface area contributed by atoms with Crippen LogP contribution >= 0.6 is 0 Å². The summed E-state index contributed by atoms with van der Waals surface area (Å²) in [5, 5.41) is 2.14. The third kappa shape index (κ3) is 6.79. The minimum Gasteiger partial charge on any atom is -0.335 e. The summed E-state index contributed by atoms with van der Waals surface area (Å²) < 4.78 is 2.33. The molecule has 0 unspecified atom stereocenters. The average molecular weight is 715 g/mol. The molecule has 1 saturated carbocycles. The van der Waals surface area contributed by atoms with E-state index >= 15 is 0 Å². The van der Waals surface area contributed by atoms with E-state index in [2.05, 4.69) is 157 Å². The molecule has 5 aromatic carbocycles. The van der Waals surface area contributed by atoms with Gasteiger partial charge in [0.25, 0.3) is 5.91 Å². The molecule has 1 amide bonds. The molecule has 5 nitrogen and oxygen atoms in total. The molecule has 0 radical (unpaired) electrons. The average Bonchev–Trinajstić information content (AvgIpc) is 3.66. The number of benzene rings is 5. The lowest BCUT2D eigenvalue weighted by molar-refractivity contribution is -0.0392. The van der Waals surface area contributed by atoms with Crippen molar-refractivity contribution < 1.29 is 4.79 Å². The number of fused-ring (bicyclic) bond motifs is 1. The lowest BCUT2D eigenvalue weighted by Gasteiger charge is -2.54. The van der Waals surface area contributed by atoms with E-state index in [1.165, 1.54) is 23.1 Å². The lowest BCUT2D eigenvalue weighted by Crippen LogP contribution is -2.63. The molecule has 1 aliphatic heterocycles. The van der Waals surface area contributed by atoms with Gasteiger partial charge in [-0.15, -0.1) is 0 Å². The van der Waals surface area contributed by atoms with Crippen molar-refractivity contribution in [1.82, 2.24) is 19.4 Å². The zero-order chi connectivity index (χ0) is 37.4. The quantitative estimate of drug-likeness (QED) is 0.155. The third-order valence-corrected chi connectivity index (χ3v) is 12.5. The van der Waals surface area contributed by atoms with Gasteiger partial charge in [0.15, 0.2) is 0 Å². The Kier molecular flexibility index (Phi) is 9.56. The Morgan fingerprint density at radius 3 is 1.78 bits per heavy atom.